The van der Waals surface area contributed by atoms with Crippen LogP contribution in [0.5, 0.6) is 5.75 Å². The quantitative estimate of drug-likeness (QED) is 0.827. The van der Waals surface area contributed by atoms with Gasteiger partial charge >= 0.3 is 0 Å². The third-order valence-electron chi connectivity index (χ3n) is 2.57. The van der Waals surface area contributed by atoms with Gasteiger partial charge in [-0.1, -0.05) is 19.1 Å². The van der Waals surface area contributed by atoms with Crippen molar-refractivity contribution in [3.05, 3.63) is 29.3 Å². The molecule has 1 unspecified atom stereocenters. The molecule has 0 radical (unpaired) electrons. The lowest BCUT2D eigenvalue weighted by Gasteiger charge is -2.15. The zero-order valence-corrected chi connectivity index (χ0v) is 10.5. The fourth-order valence-corrected chi connectivity index (χ4v) is 1.68. The average Bonchev–Trinajstić information content (AvgIpc) is 2.27. The van der Waals surface area contributed by atoms with Crippen molar-refractivity contribution in [3.8, 4) is 5.75 Å². The van der Waals surface area contributed by atoms with Gasteiger partial charge < -0.3 is 10.1 Å². The van der Waals surface area contributed by atoms with Crippen LogP contribution in [0.3, 0.4) is 0 Å². The van der Waals surface area contributed by atoms with Crippen LogP contribution in [0.25, 0.3) is 0 Å². The topological polar surface area (TPSA) is 21.3 Å². The maximum absolute atomic E-state index is 12.0. The van der Waals surface area contributed by atoms with Crippen LogP contribution < -0.4 is 10.1 Å². The van der Waals surface area contributed by atoms with Crippen molar-refractivity contribution in [3.63, 3.8) is 0 Å². The standard InChI is InChI=1S/C13H19F2NO/c1-4-16-10(3)11-5-6-12(9(2)7-11)17-8-13(14)15/h5-7,10,13,16H,4,8H2,1-3H3. The van der Waals surface area contributed by atoms with Crippen LogP contribution in [-0.4, -0.2) is 19.6 Å². The minimum absolute atomic E-state index is 0.253. The monoisotopic (exact) mass is 243 g/mol. The van der Waals surface area contributed by atoms with Crippen molar-refractivity contribution < 1.29 is 13.5 Å². The number of halogens is 2. The van der Waals surface area contributed by atoms with Crippen molar-refractivity contribution in [2.45, 2.75) is 33.2 Å². The summed E-state index contributed by atoms with van der Waals surface area (Å²) >= 11 is 0. The lowest BCUT2D eigenvalue weighted by Crippen LogP contribution is -2.17. The minimum Gasteiger partial charge on any atom is -0.487 e. The summed E-state index contributed by atoms with van der Waals surface area (Å²) in [5.41, 5.74) is 2.02. The van der Waals surface area contributed by atoms with Gasteiger partial charge in [0.25, 0.3) is 6.43 Å². The largest absolute Gasteiger partial charge is 0.487 e. The van der Waals surface area contributed by atoms with E-state index in [9.17, 15) is 8.78 Å². The summed E-state index contributed by atoms with van der Waals surface area (Å²) in [6.45, 7) is 6.32. The summed E-state index contributed by atoms with van der Waals surface area (Å²) in [6.07, 6.45) is -2.44. The van der Waals surface area contributed by atoms with E-state index in [1.165, 1.54) is 0 Å². The van der Waals surface area contributed by atoms with Gasteiger partial charge in [0.15, 0.2) is 0 Å². The third kappa shape index (κ3) is 4.30. The Bertz CT molecular complexity index is 355. The third-order valence-corrected chi connectivity index (χ3v) is 2.57. The molecule has 17 heavy (non-hydrogen) atoms. The van der Waals surface area contributed by atoms with E-state index in [0.717, 1.165) is 17.7 Å². The molecule has 0 aliphatic carbocycles. The molecular weight excluding hydrogens is 224 g/mol. The predicted octanol–water partition coefficient (Wildman–Crippen LogP) is 3.31. The molecule has 2 nitrogen and oxygen atoms in total. The number of ether oxygens (including phenoxy) is 1. The highest BCUT2D eigenvalue weighted by Crippen LogP contribution is 2.23. The number of alkyl halides is 2. The number of nitrogens with one attached hydrogen (secondary N) is 1. The van der Waals surface area contributed by atoms with Crippen molar-refractivity contribution in [1.29, 1.82) is 0 Å². The molecule has 4 heteroatoms. The van der Waals surface area contributed by atoms with Gasteiger partial charge in [-0.25, -0.2) is 8.78 Å². The molecule has 0 aliphatic heterocycles. The number of rotatable bonds is 6. The molecule has 0 saturated heterocycles. The zero-order valence-electron chi connectivity index (χ0n) is 10.5. The smallest absolute Gasteiger partial charge is 0.272 e. The molecule has 96 valence electrons. The van der Waals surface area contributed by atoms with Crippen LogP contribution in [0.2, 0.25) is 0 Å². The first-order valence-corrected chi connectivity index (χ1v) is 5.79. The molecule has 1 aromatic rings. The van der Waals surface area contributed by atoms with E-state index < -0.39 is 13.0 Å². The molecule has 0 amide bonds. The summed E-state index contributed by atoms with van der Waals surface area (Å²) in [6, 6.07) is 5.87. The normalized spacial score (nSPS) is 12.8. The summed E-state index contributed by atoms with van der Waals surface area (Å²) < 4.78 is 29.1. The highest BCUT2D eigenvalue weighted by atomic mass is 19.3. The molecule has 1 atom stereocenters. The van der Waals surface area contributed by atoms with Crippen LogP contribution in [0.1, 0.15) is 31.0 Å². The Morgan fingerprint density at radius 2 is 2.06 bits per heavy atom. The second-order valence-corrected chi connectivity index (χ2v) is 4.01. The van der Waals surface area contributed by atoms with Crippen LogP contribution in [0.15, 0.2) is 18.2 Å². The van der Waals surface area contributed by atoms with Crippen LogP contribution in [0, 0.1) is 6.92 Å². The van der Waals surface area contributed by atoms with Gasteiger partial charge in [-0.3, -0.25) is 0 Å². The molecule has 1 rings (SSSR count). The van der Waals surface area contributed by atoms with E-state index in [2.05, 4.69) is 12.2 Å². The van der Waals surface area contributed by atoms with Crippen molar-refractivity contribution in [2.75, 3.05) is 13.2 Å². The Morgan fingerprint density at radius 1 is 1.35 bits per heavy atom. The molecule has 0 fully saturated rings. The molecule has 0 heterocycles. The van der Waals surface area contributed by atoms with E-state index in [1.54, 1.807) is 6.07 Å². The van der Waals surface area contributed by atoms with Crippen molar-refractivity contribution in [1.82, 2.24) is 5.32 Å². The van der Waals surface area contributed by atoms with Gasteiger partial charge in [0, 0.05) is 6.04 Å². The Labute approximate surface area is 101 Å². The van der Waals surface area contributed by atoms with Crippen LogP contribution in [0.4, 0.5) is 8.78 Å². The maximum Gasteiger partial charge on any atom is 0.272 e. The maximum atomic E-state index is 12.0. The molecule has 0 spiro atoms. The second kappa shape index (κ2) is 6.55. The summed E-state index contributed by atoms with van der Waals surface area (Å²) in [5, 5.41) is 3.30. The summed E-state index contributed by atoms with van der Waals surface area (Å²) in [4.78, 5) is 0. The van der Waals surface area contributed by atoms with Gasteiger partial charge in [0.05, 0.1) is 0 Å². The van der Waals surface area contributed by atoms with Gasteiger partial charge in [0.1, 0.15) is 12.4 Å². The minimum atomic E-state index is -2.44. The Balaban J connectivity index is 2.72. The number of benzene rings is 1. The first-order valence-electron chi connectivity index (χ1n) is 5.79. The molecule has 0 aromatic heterocycles. The Morgan fingerprint density at radius 3 is 2.59 bits per heavy atom. The first-order chi connectivity index (χ1) is 8.04. The highest BCUT2D eigenvalue weighted by Gasteiger charge is 2.08. The fourth-order valence-electron chi connectivity index (χ4n) is 1.68. The van der Waals surface area contributed by atoms with E-state index in [1.807, 2.05) is 26.0 Å². The highest BCUT2D eigenvalue weighted by molar-refractivity contribution is 5.37. The van der Waals surface area contributed by atoms with E-state index in [-0.39, 0.29) is 6.04 Å². The second-order valence-electron chi connectivity index (χ2n) is 4.01. The van der Waals surface area contributed by atoms with Crippen LogP contribution >= 0.6 is 0 Å². The SMILES string of the molecule is CCNC(C)c1ccc(OCC(F)F)c(C)c1. The first kappa shape index (κ1) is 13.9. The van der Waals surface area contributed by atoms with Gasteiger partial charge in [0.2, 0.25) is 0 Å². The molecular formula is C13H19F2NO. The molecule has 0 aliphatic rings. The fraction of sp³-hybridized carbons (Fsp3) is 0.538. The van der Waals surface area contributed by atoms with Gasteiger partial charge in [-0.2, -0.15) is 0 Å². The predicted molar refractivity (Wildman–Crippen MR) is 64.8 cm³/mol. The zero-order chi connectivity index (χ0) is 12.8. The van der Waals surface area contributed by atoms with E-state index in [4.69, 9.17) is 4.74 Å². The van der Waals surface area contributed by atoms with Crippen LogP contribution in [-0.2, 0) is 0 Å². The summed E-state index contributed by atoms with van der Waals surface area (Å²) in [7, 11) is 0. The lowest BCUT2D eigenvalue weighted by molar-refractivity contribution is 0.0815. The number of hydrogen-bond acceptors (Lipinski definition) is 2. The molecule has 0 saturated carbocycles. The molecule has 0 bridgehead atoms. The Hall–Kier alpha value is -1.16. The molecule has 1 N–H and O–H groups in total. The van der Waals surface area contributed by atoms with Crippen molar-refractivity contribution in [2.24, 2.45) is 0 Å². The number of hydrogen-bond donors (Lipinski definition) is 1. The van der Waals surface area contributed by atoms with Gasteiger partial charge in [-0.05, 0) is 37.6 Å². The van der Waals surface area contributed by atoms with E-state index in [0.29, 0.717) is 5.75 Å². The Kier molecular flexibility index (Phi) is 5.35. The number of aryl methyl sites for hydroxylation is 1. The summed E-state index contributed by atoms with van der Waals surface area (Å²) in [5.74, 6) is 0.526. The van der Waals surface area contributed by atoms with Crippen molar-refractivity contribution >= 4 is 0 Å². The van der Waals surface area contributed by atoms with Gasteiger partial charge in [-0.15, -0.1) is 0 Å². The average molecular weight is 243 g/mol. The lowest BCUT2D eigenvalue weighted by atomic mass is 10.1. The molecule has 1 aromatic carbocycles. The van der Waals surface area contributed by atoms with E-state index >= 15 is 0 Å².